The van der Waals surface area contributed by atoms with Gasteiger partial charge in [-0.1, -0.05) is 6.92 Å². The lowest BCUT2D eigenvalue weighted by atomic mass is 9.97. The lowest BCUT2D eigenvalue weighted by molar-refractivity contribution is -0.138. The summed E-state index contributed by atoms with van der Waals surface area (Å²) in [6.45, 7) is 2.69. The lowest BCUT2D eigenvalue weighted by Gasteiger charge is -2.37. The van der Waals surface area contributed by atoms with Crippen LogP contribution in [0.5, 0.6) is 0 Å². The Bertz CT molecular complexity index is 343. The minimum Gasteiger partial charge on any atom is -0.480 e. The second-order valence-corrected chi connectivity index (χ2v) is 5.31. The van der Waals surface area contributed by atoms with E-state index in [9.17, 15) is 14.7 Å². The van der Waals surface area contributed by atoms with Gasteiger partial charge < -0.3 is 20.0 Å². The number of hydrogen-bond acceptors (Lipinski definition) is 3. The van der Waals surface area contributed by atoms with E-state index in [4.69, 9.17) is 5.11 Å². The van der Waals surface area contributed by atoms with Crippen molar-refractivity contribution < 1.29 is 19.8 Å². The molecule has 6 heteroatoms. The van der Waals surface area contributed by atoms with Crippen LogP contribution in [0, 0.1) is 5.92 Å². The molecule has 2 fully saturated rings. The van der Waals surface area contributed by atoms with Crippen LogP contribution in [0.15, 0.2) is 0 Å². The minimum atomic E-state index is -0.972. The summed E-state index contributed by atoms with van der Waals surface area (Å²) in [4.78, 5) is 26.2. The van der Waals surface area contributed by atoms with Gasteiger partial charge in [0.1, 0.15) is 6.54 Å². The highest BCUT2D eigenvalue weighted by molar-refractivity contribution is 5.81. The standard InChI is InChI=1S/C12H20N2O4/c1-8-6-13(5-4-10(8)15)12(18)14(7-11(16)17)9-2-3-9/h8-10,15H,2-7H2,1H3,(H,16,17). The first kappa shape index (κ1) is 13.1. The van der Waals surface area contributed by atoms with Gasteiger partial charge in [-0.2, -0.15) is 0 Å². The normalized spacial score (nSPS) is 28.0. The Morgan fingerprint density at radius 1 is 1.33 bits per heavy atom. The Balaban J connectivity index is 1.97. The molecule has 0 radical (unpaired) electrons. The third kappa shape index (κ3) is 2.93. The molecule has 0 bridgehead atoms. The smallest absolute Gasteiger partial charge is 0.323 e. The quantitative estimate of drug-likeness (QED) is 0.764. The van der Waals surface area contributed by atoms with E-state index in [1.54, 1.807) is 4.90 Å². The van der Waals surface area contributed by atoms with Crippen LogP contribution in [0.4, 0.5) is 4.79 Å². The topological polar surface area (TPSA) is 81.1 Å². The zero-order valence-electron chi connectivity index (χ0n) is 10.6. The molecule has 1 aliphatic heterocycles. The first-order chi connectivity index (χ1) is 8.49. The molecule has 0 spiro atoms. The van der Waals surface area contributed by atoms with Crippen molar-refractivity contribution >= 4 is 12.0 Å². The number of carboxylic acid groups (broad SMARTS) is 1. The molecule has 0 aromatic rings. The maximum Gasteiger partial charge on any atom is 0.323 e. The Kier molecular flexibility index (Phi) is 3.75. The summed E-state index contributed by atoms with van der Waals surface area (Å²) in [7, 11) is 0. The summed E-state index contributed by atoms with van der Waals surface area (Å²) in [5, 5.41) is 18.5. The maximum atomic E-state index is 12.3. The number of carboxylic acids is 1. The van der Waals surface area contributed by atoms with Gasteiger partial charge in [0.25, 0.3) is 0 Å². The van der Waals surface area contributed by atoms with Crippen LogP contribution in [-0.2, 0) is 4.79 Å². The van der Waals surface area contributed by atoms with Crippen LogP contribution in [0.25, 0.3) is 0 Å². The van der Waals surface area contributed by atoms with Crippen molar-refractivity contribution in [1.29, 1.82) is 0 Å². The number of aliphatic hydroxyl groups excluding tert-OH is 1. The zero-order valence-corrected chi connectivity index (χ0v) is 10.6. The number of carbonyl (C=O) groups is 2. The van der Waals surface area contributed by atoms with Crippen molar-refractivity contribution in [1.82, 2.24) is 9.80 Å². The largest absolute Gasteiger partial charge is 0.480 e. The van der Waals surface area contributed by atoms with Crippen molar-refractivity contribution in [3.05, 3.63) is 0 Å². The van der Waals surface area contributed by atoms with E-state index in [1.807, 2.05) is 6.92 Å². The van der Waals surface area contributed by atoms with Gasteiger partial charge in [-0.25, -0.2) is 4.79 Å². The van der Waals surface area contributed by atoms with E-state index in [-0.39, 0.29) is 30.6 Å². The molecule has 2 N–H and O–H groups in total. The van der Waals surface area contributed by atoms with Crippen molar-refractivity contribution in [2.75, 3.05) is 19.6 Å². The number of carbonyl (C=O) groups excluding carboxylic acids is 1. The van der Waals surface area contributed by atoms with E-state index in [0.29, 0.717) is 19.5 Å². The Labute approximate surface area is 106 Å². The van der Waals surface area contributed by atoms with Gasteiger partial charge in [0.2, 0.25) is 0 Å². The Morgan fingerprint density at radius 3 is 2.50 bits per heavy atom. The first-order valence-corrected chi connectivity index (χ1v) is 6.44. The molecule has 1 aliphatic carbocycles. The molecule has 0 aromatic heterocycles. The molecular weight excluding hydrogens is 236 g/mol. The van der Waals surface area contributed by atoms with Crippen molar-refractivity contribution in [3.63, 3.8) is 0 Å². The molecule has 0 aromatic carbocycles. The van der Waals surface area contributed by atoms with Gasteiger partial charge in [-0.3, -0.25) is 4.79 Å². The molecule has 2 unspecified atom stereocenters. The third-order valence-electron chi connectivity index (χ3n) is 3.67. The molecule has 102 valence electrons. The second-order valence-electron chi connectivity index (χ2n) is 5.31. The number of rotatable bonds is 3. The number of nitrogens with zero attached hydrogens (tertiary/aromatic N) is 2. The van der Waals surface area contributed by atoms with E-state index < -0.39 is 5.97 Å². The summed E-state index contributed by atoms with van der Waals surface area (Å²) in [6, 6.07) is -0.102. The van der Waals surface area contributed by atoms with Crippen LogP contribution >= 0.6 is 0 Å². The Hall–Kier alpha value is -1.30. The summed E-state index contributed by atoms with van der Waals surface area (Å²) in [5.41, 5.74) is 0. The van der Waals surface area contributed by atoms with E-state index in [1.165, 1.54) is 4.90 Å². The van der Waals surface area contributed by atoms with Crippen molar-refractivity contribution in [2.45, 2.75) is 38.3 Å². The van der Waals surface area contributed by atoms with Gasteiger partial charge in [-0.05, 0) is 25.2 Å². The highest BCUT2D eigenvalue weighted by Crippen LogP contribution is 2.28. The fraction of sp³-hybridized carbons (Fsp3) is 0.833. The predicted molar refractivity (Wildman–Crippen MR) is 64.1 cm³/mol. The maximum absolute atomic E-state index is 12.3. The number of likely N-dealkylation sites (tertiary alicyclic amines) is 1. The highest BCUT2D eigenvalue weighted by atomic mass is 16.4. The number of piperidine rings is 1. The van der Waals surface area contributed by atoms with Crippen LogP contribution < -0.4 is 0 Å². The van der Waals surface area contributed by atoms with Crippen LogP contribution in [0.3, 0.4) is 0 Å². The monoisotopic (exact) mass is 256 g/mol. The van der Waals surface area contributed by atoms with Gasteiger partial charge in [0.15, 0.2) is 0 Å². The van der Waals surface area contributed by atoms with Crippen molar-refractivity contribution in [3.8, 4) is 0 Å². The molecule has 1 saturated heterocycles. The molecule has 1 saturated carbocycles. The molecule has 2 aliphatic rings. The minimum absolute atomic E-state index is 0.0496. The number of hydrogen-bond donors (Lipinski definition) is 2. The molecule has 6 nitrogen and oxygen atoms in total. The average Bonchev–Trinajstić information content (AvgIpc) is 3.12. The number of amides is 2. The molecule has 2 atom stereocenters. The van der Waals surface area contributed by atoms with Crippen molar-refractivity contribution in [2.24, 2.45) is 5.92 Å². The SMILES string of the molecule is CC1CN(C(=O)N(CC(=O)O)C2CC2)CCC1O. The highest BCUT2D eigenvalue weighted by Gasteiger charge is 2.37. The summed E-state index contributed by atoms with van der Waals surface area (Å²) in [5.74, 6) is -0.922. The molecule has 2 amide bonds. The Morgan fingerprint density at radius 2 is 2.00 bits per heavy atom. The molecule has 18 heavy (non-hydrogen) atoms. The van der Waals surface area contributed by atoms with Crippen LogP contribution in [0.1, 0.15) is 26.2 Å². The fourth-order valence-electron chi connectivity index (χ4n) is 2.37. The molecule has 2 rings (SSSR count). The van der Waals surface area contributed by atoms with Crippen LogP contribution in [0.2, 0.25) is 0 Å². The van der Waals surface area contributed by atoms with Gasteiger partial charge in [0, 0.05) is 19.1 Å². The van der Waals surface area contributed by atoms with E-state index >= 15 is 0 Å². The number of aliphatic hydroxyl groups is 1. The van der Waals surface area contributed by atoms with Crippen LogP contribution in [-0.4, -0.2) is 63.8 Å². The third-order valence-corrected chi connectivity index (χ3v) is 3.67. The number of aliphatic carboxylic acids is 1. The average molecular weight is 256 g/mol. The zero-order chi connectivity index (χ0) is 13.3. The molecular formula is C12H20N2O4. The second kappa shape index (κ2) is 5.14. The number of urea groups is 1. The summed E-state index contributed by atoms with van der Waals surface area (Å²) >= 11 is 0. The van der Waals surface area contributed by atoms with Gasteiger partial charge in [-0.15, -0.1) is 0 Å². The summed E-state index contributed by atoms with van der Waals surface area (Å²) < 4.78 is 0. The first-order valence-electron chi connectivity index (χ1n) is 6.44. The summed E-state index contributed by atoms with van der Waals surface area (Å²) in [6.07, 6.45) is 2.00. The fourth-order valence-corrected chi connectivity index (χ4v) is 2.37. The predicted octanol–water partition coefficient (Wildman–Crippen LogP) is 0.358. The molecule has 1 heterocycles. The van der Waals surface area contributed by atoms with E-state index in [2.05, 4.69) is 0 Å². The van der Waals surface area contributed by atoms with E-state index in [0.717, 1.165) is 12.8 Å². The lowest BCUT2D eigenvalue weighted by Crippen LogP contribution is -2.52. The van der Waals surface area contributed by atoms with Gasteiger partial charge >= 0.3 is 12.0 Å². The van der Waals surface area contributed by atoms with Gasteiger partial charge in [0.05, 0.1) is 6.10 Å².